The molecule has 0 aliphatic carbocycles. The van der Waals surface area contributed by atoms with E-state index in [0.29, 0.717) is 11.6 Å². The van der Waals surface area contributed by atoms with Gasteiger partial charge in [-0.05, 0) is 45.7 Å². The normalized spacial score (nSPS) is 12.8. The second kappa shape index (κ2) is 5.16. The third-order valence-electron chi connectivity index (χ3n) is 2.19. The van der Waals surface area contributed by atoms with Crippen LogP contribution in [0.4, 0.5) is 13.2 Å². The lowest BCUT2D eigenvalue weighted by Gasteiger charge is -2.09. The third kappa shape index (κ3) is 2.77. The maximum atomic E-state index is 13.5. The monoisotopic (exact) mass is 388 g/mol. The van der Waals surface area contributed by atoms with Gasteiger partial charge in [0.05, 0.1) is 8.26 Å². The molecule has 0 aliphatic heterocycles. The van der Waals surface area contributed by atoms with Gasteiger partial charge in [-0.1, -0.05) is 0 Å². The molecule has 0 radical (unpaired) electrons. The van der Waals surface area contributed by atoms with Crippen molar-refractivity contribution in [3.63, 3.8) is 0 Å². The summed E-state index contributed by atoms with van der Waals surface area (Å²) in [5, 5.41) is 0.949. The second-order valence-electron chi connectivity index (χ2n) is 3.33. The van der Waals surface area contributed by atoms with Gasteiger partial charge in [0.1, 0.15) is 5.82 Å². The van der Waals surface area contributed by atoms with Crippen LogP contribution in [0.25, 0.3) is 0 Å². The number of hydrogen-bond donors (Lipinski definition) is 0. The predicted molar refractivity (Wildman–Crippen MR) is 71.0 cm³/mol. The third-order valence-corrected chi connectivity index (χ3v) is 4.49. The summed E-state index contributed by atoms with van der Waals surface area (Å²) in [7, 11) is 0. The highest BCUT2D eigenvalue weighted by molar-refractivity contribution is 14.1. The van der Waals surface area contributed by atoms with Crippen LogP contribution in [-0.4, -0.2) is 0 Å². The minimum atomic E-state index is -1.21. The summed E-state index contributed by atoms with van der Waals surface area (Å²) >= 11 is 9.61. The first kappa shape index (κ1) is 13.2. The van der Waals surface area contributed by atoms with E-state index in [1.807, 2.05) is 0 Å². The summed E-state index contributed by atoms with van der Waals surface area (Å²) in [5.41, 5.74) is 0.616. The molecule has 0 bridgehead atoms. The molecular weight excluding hydrogens is 384 g/mol. The summed E-state index contributed by atoms with van der Waals surface area (Å²) in [5.74, 6) is -3.16. The Morgan fingerprint density at radius 1 is 1.06 bits per heavy atom. The molecule has 1 atom stereocenters. The molecule has 2 aromatic rings. The molecule has 2 rings (SSSR count). The van der Waals surface area contributed by atoms with Crippen LogP contribution in [-0.2, 0) is 0 Å². The van der Waals surface area contributed by atoms with E-state index in [9.17, 15) is 13.2 Å². The molecule has 1 unspecified atom stereocenters. The van der Waals surface area contributed by atoms with Crippen LogP contribution in [0.5, 0.6) is 0 Å². The minimum Gasteiger partial charge on any atom is -0.207 e. The Kier molecular flexibility index (Phi) is 3.99. The quantitative estimate of drug-likeness (QED) is 0.381. The number of rotatable bonds is 2. The van der Waals surface area contributed by atoms with Gasteiger partial charge in [-0.15, -0.1) is 22.9 Å². The summed E-state index contributed by atoms with van der Waals surface area (Å²) in [6, 6.07) is 3.09. The predicted octanol–water partition coefficient (Wildman–Crippen LogP) is 5.10. The van der Waals surface area contributed by atoms with Crippen molar-refractivity contribution in [2.24, 2.45) is 0 Å². The number of alkyl halides is 1. The van der Waals surface area contributed by atoms with Crippen LogP contribution in [0.2, 0.25) is 0 Å². The van der Waals surface area contributed by atoms with Gasteiger partial charge < -0.3 is 0 Å². The van der Waals surface area contributed by atoms with E-state index in [0.717, 1.165) is 8.95 Å². The number of benzene rings is 1. The van der Waals surface area contributed by atoms with Crippen LogP contribution < -0.4 is 0 Å². The van der Waals surface area contributed by atoms with Gasteiger partial charge in [0.15, 0.2) is 11.6 Å². The summed E-state index contributed by atoms with van der Waals surface area (Å²) in [6.07, 6.45) is 0. The molecular formula is C11H5ClF3IS. The van der Waals surface area contributed by atoms with Crippen molar-refractivity contribution in [2.45, 2.75) is 5.38 Å². The standard InChI is InChI=1S/C11H5ClF3IS/c12-11(5-1-10(16)17-4-5)6-2-8(14)9(15)3-7(6)13/h1-4,11H. The maximum Gasteiger partial charge on any atom is 0.161 e. The van der Waals surface area contributed by atoms with Crippen molar-refractivity contribution in [3.8, 4) is 0 Å². The average molecular weight is 389 g/mol. The van der Waals surface area contributed by atoms with E-state index in [-0.39, 0.29) is 5.56 Å². The molecule has 0 aliphatic rings. The van der Waals surface area contributed by atoms with Crippen molar-refractivity contribution >= 4 is 45.5 Å². The smallest absolute Gasteiger partial charge is 0.161 e. The molecule has 0 N–H and O–H groups in total. The molecule has 17 heavy (non-hydrogen) atoms. The zero-order valence-electron chi connectivity index (χ0n) is 8.18. The summed E-state index contributed by atoms with van der Waals surface area (Å²) in [4.78, 5) is 0. The molecule has 0 spiro atoms. The Morgan fingerprint density at radius 3 is 2.29 bits per heavy atom. The SMILES string of the molecule is Fc1cc(F)c(C(Cl)c2csc(I)c2)cc1F. The first-order valence-corrected chi connectivity index (χ1v) is 6.91. The highest BCUT2D eigenvalue weighted by Crippen LogP contribution is 2.34. The molecule has 1 aromatic carbocycles. The van der Waals surface area contributed by atoms with Crippen molar-refractivity contribution in [2.75, 3.05) is 0 Å². The molecule has 90 valence electrons. The lowest BCUT2D eigenvalue weighted by atomic mass is 10.1. The highest BCUT2D eigenvalue weighted by Gasteiger charge is 2.19. The zero-order valence-corrected chi connectivity index (χ0v) is 11.9. The average Bonchev–Trinajstić information content (AvgIpc) is 2.69. The molecule has 0 nitrogen and oxygen atoms in total. The van der Waals surface area contributed by atoms with E-state index < -0.39 is 22.8 Å². The zero-order chi connectivity index (χ0) is 12.6. The minimum absolute atomic E-state index is 0.0558. The molecule has 6 heteroatoms. The molecule has 0 amide bonds. The lowest BCUT2D eigenvalue weighted by Crippen LogP contribution is -1.99. The Morgan fingerprint density at radius 2 is 1.71 bits per heavy atom. The lowest BCUT2D eigenvalue weighted by molar-refractivity contribution is 0.490. The van der Waals surface area contributed by atoms with Gasteiger partial charge in [-0.25, -0.2) is 13.2 Å². The van der Waals surface area contributed by atoms with E-state index in [2.05, 4.69) is 22.6 Å². The summed E-state index contributed by atoms with van der Waals surface area (Å²) in [6.45, 7) is 0. The highest BCUT2D eigenvalue weighted by atomic mass is 127. The molecule has 0 saturated heterocycles. The van der Waals surface area contributed by atoms with E-state index in [1.165, 1.54) is 11.3 Å². The van der Waals surface area contributed by atoms with Crippen molar-refractivity contribution < 1.29 is 13.2 Å². The second-order valence-corrected chi connectivity index (χ2v) is 6.58. The Bertz CT molecular complexity index is 556. The number of halogens is 5. The fraction of sp³-hybridized carbons (Fsp3) is 0.0909. The van der Waals surface area contributed by atoms with Crippen LogP contribution in [0.15, 0.2) is 23.6 Å². The van der Waals surface area contributed by atoms with Gasteiger partial charge in [0.25, 0.3) is 0 Å². The maximum absolute atomic E-state index is 13.5. The number of thiophene rings is 1. The van der Waals surface area contributed by atoms with E-state index in [4.69, 9.17) is 11.6 Å². The fourth-order valence-electron chi connectivity index (χ4n) is 1.37. The topological polar surface area (TPSA) is 0 Å². The van der Waals surface area contributed by atoms with Crippen LogP contribution in [0.3, 0.4) is 0 Å². The molecule has 0 saturated carbocycles. The largest absolute Gasteiger partial charge is 0.207 e. The fourth-order valence-corrected chi connectivity index (χ4v) is 3.13. The first-order chi connectivity index (χ1) is 7.99. The van der Waals surface area contributed by atoms with Crippen molar-refractivity contribution in [1.29, 1.82) is 0 Å². The summed E-state index contributed by atoms with van der Waals surface area (Å²) < 4.78 is 40.3. The van der Waals surface area contributed by atoms with Crippen LogP contribution >= 0.6 is 45.5 Å². The van der Waals surface area contributed by atoms with Gasteiger partial charge in [-0.2, -0.15) is 0 Å². The molecule has 0 fully saturated rings. The van der Waals surface area contributed by atoms with Crippen molar-refractivity contribution in [3.05, 3.63) is 55.0 Å². The van der Waals surface area contributed by atoms with Gasteiger partial charge in [0.2, 0.25) is 0 Å². The molecule has 1 aromatic heterocycles. The van der Waals surface area contributed by atoms with Gasteiger partial charge in [0, 0.05) is 11.6 Å². The van der Waals surface area contributed by atoms with Gasteiger partial charge >= 0.3 is 0 Å². The Labute approximate surface area is 119 Å². The van der Waals surface area contributed by atoms with Crippen LogP contribution in [0.1, 0.15) is 16.5 Å². The Balaban J connectivity index is 2.43. The number of hydrogen-bond acceptors (Lipinski definition) is 1. The van der Waals surface area contributed by atoms with E-state index >= 15 is 0 Å². The first-order valence-electron chi connectivity index (χ1n) is 4.51. The Hall–Kier alpha value is -0.270. The molecule has 1 heterocycles. The van der Waals surface area contributed by atoms with E-state index in [1.54, 1.807) is 11.4 Å². The van der Waals surface area contributed by atoms with Crippen molar-refractivity contribution in [1.82, 2.24) is 0 Å². The van der Waals surface area contributed by atoms with Crippen LogP contribution in [0, 0.1) is 20.3 Å². The van der Waals surface area contributed by atoms with Gasteiger partial charge in [-0.3, -0.25) is 0 Å².